The van der Waals surface area contributed by atoms with Gasteiger partial charge in [-0.2, -0.15) is 0 Å². The van der Waals surface area contributed by atoms with Crippen LogP contribution in [0.4, 0.5) is 11.4 Å². The number of non-ortho nitro benzene ring substituents is 1. The van der Waals surface area contributed by atoms with Crippen molar-refractivity contribution in [1.29, 1.82) is 0 Å². The summed E-state index contributed by atoms with van der Waals surface area (Å²) in [5, 5.41) is 13.9. The van der Waals surface area contributed by atoms with Crippen molar-refractivity contribution in [2.75, 3.05) is 18.5 Å². The number of nitrogens with one attached hydrogen (secondary N) is 1. The van der Waals surface area contributed by atoms with Crippen LogP contribution in [0.3, 0.4) is 0 Å². The molecule has 2 aromatic carbocycles. The molecule has 0 bridgehead atoms. The Hall–Kier alpha value is -2.76. The summed E-state index contributed by atoms with van der Waals surface area (Å²) in [6.45, 7) is 1.90. The van der Waals surface area contributed by atoms with Crippen LogP contribution in [0.15, 0.2) is 42.5 Å². The predicted molar refractivity (Wildman–Crippen MR) is 82.5 cm³/mol. The first-order valence-electron chi connectivity index (χ1n) is 7.09. The minimum absolute atomic E-state index is 0.0966. The predicted octanol–water partition coefficient (Wildman–Crippen LogP) is 3.37. The average Bonchev–Trinajstić information content (AvgIpc) is 2.78. The van der Waals surface area contributed by atoms with E-state index in [1.54, 1.807) is 12.1 Å². The van der Waals surface area contributed by atoms with Gasteiger partial charge in [0.25, 0.3) is 5.69 Å². The first-order valence-corrected chi connectivity index (χ1v) is 7.09. The van der Waals surface area contributed by atoms with Gasteiger partial charge in [0.15, 0.2) is 11.5 Å². The molecule has 1 aliphatic heterocycles. The van der Waals surface area contributed by atoms with Gasteiger partial charge >= 0.3 is 0 Å². The molecule has 0 aliphatic carbocycles. The number of ether oxygens (including phenoxy) is 2. The third-order valence-corrected chi connectivity index (χ3v) is 3.39. The highest BCUT2D eigenvalue weighted by atomic mass is 16.6. The first-order chi connectivity index (χ1) is 10.7. The fourth-order valence-electron chi connectivity index (χ4n) is 2.21. The molecule has 1 N–H and O–H groups in total. The summed E-state index contributed by atoms with van der Waals surface area (Å²) in [5.74, 6) is 1.50. The second-order valence-electron chi connectivity index (χ2n) is 4.99. The van der Waals surface area contributed by atoms with Crippen LogP contribution in [0.2, 0.25) is 0 Å². The molecule has 0 fully saturated rings. The van der Waals surface area contributed by atoms with E-state index in [0.717, 1.165) is 29.2 Å². The Kier molecular flexibility index (Phi) is 4.09. The molecule has 0 unspecified atom stereocenters. The molecule has 114 valence electrons. The van der Waals surface area contributed by atoms with Crippen molar-refractivity contribution in [1.82, 2.24) is 0 Å². The van der Waals surface area contributed by atoms with Crippen molar-refractivity contribution in [3.8, 4) is 11.5 Å². The molecule has 0 saturated heterocycles. The quantitative estimate of drug-likeness (QED) is 0.692. The Labute approximate surface area is 127 Å². The van der Waals surface area contributed by atoms with Gasteiger partial charge in [0.1, 0.15) is 0 Å². The first kappa shape index (κ1) is 14.2. The zero-order chi connectivity index (χ0) is 15.4. The molecule has 0 amide bonds. The van der Waals surface area contributed by atoms with E-state index in [1.807, 2.05) is 18.2 Å². The highest BCUT2D eigenvalue weighted by Crippen LogP contribution is 2.32. The van der Waals surface area contributed by atoms with E-state index in [-0.39, 0.29) is 5.69 Å². The van der Waals surface area contributed by atoms with Gasteiger partial charge in [-0.1, -0.05) is 12.1 Å². The van der Waals surface area contributed by atoms with Crippen LogP contribution in [0, 0.1) is 10.1 Å². The highest BCUT2D eigenvalue weighted by molar-refractivity contribution is 5.55. The van der Waals surface area contributed by atoms with E-state index in [1.165, 1.54) is 12.1 Å². The lowest BCUT2D eigenvalue weighted by Gasteiger charge is -2.11. The smallest absolute Gasteiger partial charge is 0.269 e. The number of nitrogens with zero attached hydrogens (tertiary/aromatic N) is 1. The molecule has 0 atom stereocenters. The molecule has 0 saturated carbocycles. The second-order valence-corrected chi connectivity index (χ2v) is 4.99. The van der Waals surface area contributed by atoms with E-state index >= 15 is 0 Å². The number of nitro groups is 1. The van der Waals surface area contributed by atoms with Crippen molar-refractivity contribution in [2.45, 2.75) is 13.0 Å². The average molecular weight is 300 g/mol. The minimum Gasteiger partial charge on any atom is -0.490 e. The van der Waals surface area contributed by atoms with Gasteiger partial charge in [-0.15, -0.1) is 0 Å². The molecule has 6 nitrogen and oxygen atoms in total. The van der Waals surface area contributed by atoms with Gasteiger partial charge in [0.05, 0.1) is 18.1 Å². The summed E-state index contributed by atoms with van der Waals surface area (Å²) in [6, 6.07) is 12.2. The lowest BCUT2D eigenvalue weighted by molar-refractivity contribution is -0.384. The zero-order valence-electron chi connectivity index (χ0n) is 12.0. The van der Waals surface area contributed by atoms with Gasteiger partial charge in [-0.05, 0) is 17.7 Å². The molecule has 0 aromatic heterocycles. The van der Waals surface area contributed by atoms with E-state index < -0.39 is 4.92 Å². The fourth-order valence-corrected chi connectivity index (χ4v) is 2.21. The molecular formula is C16H16N2O4. The van der Waals surface area contributed by atoms with Gasteiger partial charge in [-0.25, -0.2) is 0 Å². The maximum Gasteiger partial charge on any atom is 0.269 e. The van der Waals surface area contributed by atoms with Crippen molar-refractivity contribution >= 4 is 11.4 Å². The maximum atomic E-state index is 10.6. The lowest BCUT2D eigenvalue weighted by atomic mass is 10.2. The number of nitro benzene ring substituents is 1. The van der Waals surface area contributed by atoms with E-state index in [2.05, 4.69) is 5.32 Å². The van der Waals surface area contributed by atoms with Gasteiger partial charge < -0.3 is 14.8 Å². The molecule has 22 heavy (non-hydrogen) atoms. The van der Waals surface area contributed by atoms with Crippen LogP contribution in [0.5, 0.6) is 11.5 Å². The summed E-state index contributed by atoms with van der Waals surface area (Å²) in [4.78, 5) is 10.2. The summed E-state index contributed by atoms with van der Waals surface area (Å²) in [7, 11) is 0. The Bertz CT molecular complexity index is 670. The fraction of sp³-hybridized carbons (Fsp3) is 0.250. The number of hydrogen-bond donors (Lipinski definition) is 1. The number of hydrogen-bond acceptors (Lipinski definition) is 5. The van der Waals surface area contributed by atoms with Crippen molar-refractivity contribution in [2.24, 2.45) is 0 Å². The number of benzene rings is 2. The number of rotatable bonds is 4. The number of anilines is 1. The zero-order valence-corrected chi connectivity index (χ0v) is 12.0. The Morgan fingerprint density at radius 1 is 1.05 bits per heavy atom. The van der Waals surface area contributed by atoms with Gasteiger partial charge in [0, 0.05) is 36.9 Å². The summed E-state index contributed by atoms with van der Waals surface area (Å²) >= 11 is 0. The third-order valence-electron chi connectivity index (χ3n) is 3.39. The van der Waals surface area contributed by atoms with Crippen LogP contribution in [0.1, 0.15) is 12.0 Å². The monoisotopic (exact) mass is 300 g/mol. The van der Waals surface area contributed by atoms with E-state index in [4.69, 9.17) is 9.47 Å². The molecule has 6 heteroatoms. The Balaban J connectivity index is 1.66. The Morgan fingerprint density at radius 2 is 1.77 bits per heavy atom. The summed E-state index contributed by atoms with van der Waals surface area (Å²) in [6.07, 6.45) is 0.875. The molecule has 1 aliphatic rings. The second kappa shape index (κ2) is 6.34. The van der Waals surface area contributed by atoms with Crippen LogP contribution in [0.25, 0.3) is 0 Å². The summed E-state index contributed by atoms with van der Waals surface area (Å²) < 4.78 is 11.2. The topological polar surface area (TPSA) is 73.6 Å². The van der Waals surface area contributed by atoms with Gasteiger partial charge in [0.2, 0.25) is 0 Å². The highest BCUT2D eigenvalue weighted by Gasteiger charge is 2.10. The summed E-state index contributed by atoms with van der Waals surface area (Å²) in [5.41, 5.74) is 1.99. The number of fused-ring (bicyclic) bond motifs is 1. The van der Waals surface area contributed by atoms with Crippen molar-refractivity contribution in [3.63, 3.8) is 0 Å². The molecule has 3 rings (SSSR count). The van der Waals surface area contributed by atoms with Gasteiger partial charge in [-0.3, -0.25) is 10.1 Å². The molecular weight excluding hydrogens is 284 g/mol. The SMILES string of the molecule is O=[N+]([O-])c1ccc(CNc2ccc3c(c2)OCCCO3)cc1. The largest absolute Gasteiger partial charge is 0.490 e. The van der Waals surface area contributed by atoms with Crippen LogP contribution in [-0.2, 0) is 6.54 Å². The van der Waals surface area contributed by atoms with E-state index in [9.17, 15) is 10.1 Å². The maximum absolute atomic E-state index is 10.6. The lowest BCUT2D eigenvalue weighted by Crippen LogP contribution is -2.00. The van der Waals surface area contributed by atoms with Crippen LogP contribution < -0.4 is 14.8 Å². The minimum atomic E-state index is -0.402. The van der Waals surface area contributed by atoms with E-state index in [0.29, 0.717) is 19.8 Å². The molecule has 0 spiro atoms. The molecule has 1 heterocycles. The van der Waals surface area contributed by atoms with Crippen LogP contribution >= 0.6 is 0 Å². The standard InChI is InChI=1S/C16H16N2O4/c19-18(20)14-5-2-12(3-6-14)11-17-13-4-7-15-16(10-13)22-9-1-8-21-15/h2-7,10,17H,1,8-9,11H2. The third kappa shape index (κ3) is 3.28. The molecule has 2 aromatic rings. The van der Waals surface area contributed by atoms with Crippen molar-refractivity contribution in [3.05, 3.63) is 58.1 Å². The van der Waals surface area contributed by atoms with Crippen molar-refractivity contribution < 1.29 is 14.4 Å². The van der Waals surface area contributed by atoms with Crippen LogP contribution in [-0.4, -0.2) is 18.1 Å². The normalized spacial score (nSPS) is 13.3. The Morgan fingerprint density at radius 3 is 2.50 bits per heavy atom. The molecule has 0 radical (unpaired) electrons.